The van der Waals surface area contributed by atoms with Crippen LogP contribution >= 0.6 is 12.2 Å². The molecule has 0 spiro atoms. The van der Waals surface area contributed by atoms with Crippen LogP contribution in [0, 0.1) is 11.3 Å². The average molecular weight is 393 g/mol. The molecule has 1 saturated heterocycles. The highest BCUT2D eigenvalue weighted by atomic mass is 32.1. The summed E-state index contributed by atoms with van der Waals surface area (Å²) in [6.07, 6.45) is 1.72. The number of anilines is 1. The highest BCUT2D eigenvalue weighted by Gasteiger charge is 2.36. The normalized spacial score (nSPS) is 15.1. The lowest BCUT2D eigenvalue weighted by Gasteiger charge is -2.16. The zero-order chi connectivity index (χ0) is 20.1. The molecule has 0 aliphatic carbocycles. The Kier molecular flexibility index (Phi) is 5.92. The minimum absolute atomic E-state index is 0.0688. The Bertz CT molecular complexity index is 964. The molecule has 1 heterocycles. The summed E-state index contributed by atoms with van der Waals surface area (Å²) < 4.78 is 10.9. The number of nitriles is 1. The fourth-order valence-corrected chi connectivity index (χ4v) is 3.12. The predicted octanol–water partition coefficient (Wildman–Crippen LogP) is 3.59. The van der Waals surface area contributed by atoms with Gasteiger partial charge in [-0.1, -0.05) is 18.2 Å². The first-order valence-electron chi connectivity index (χ1n) is 8.72. The van der Waals surface area contributed by atoms with Crippen molar-refractivity contribution in [2.45, 2.75) is 6.92 Å². The Labute approximate surface area is 169 Å². The van der Waals surface area contributed by atoms with Gasteiger partial charge in [0.05, 0.1) is 12.3 Å². The molecular weight excluding hydrogens is 374 g/mol. The standard InChI is InChI=1S/C21H19N3O3S/c1-3-26-17-10-8-16(9-11-17)24-20(25)18(23(2)21(24)28)14-15-6-4-5-7-19(15)27-13-12-22/h4-11,14H,3,13H2,1-2H3/b18-14-. The molecule has 1 aliphatic heterocycles. The Morgan fingerprint density at radius 2 is 1.86 bits per heavy atom. The van der Waals surface area contributed by atoms with Crippen molar-refractivity contribution >= 4 is 35.0 Å². The summed E-state index contributed by atoms with van der Waals surface area (Å²) in [6, 6.07) is 16.4. The molecule has 0 bridgehead atoms. The molecule has 3 rings (SSSR count). The van der Waals surface area contributed by atoms with Crippen LogP contribution in [0.4, 0.5) is 5.69 Å². The number of carbonyl (C=O) groups is 1. The van der Waals surface area contributed by atoms with Crippen LogP contribution < -0.4 is 14.4 Å². The number of benzene rings is 2. The van der Waals surface area contributed by atoms with Crippen LogP contribution in [0.2, 0.25) is 0 Å². The molecule has 1 fully saturated rings. The van der Waals surface area contributed by atoms with E-state index in [1.807, 2.05) is 43.3 Å². The maximum Gasteiger partial charge on any atom is 0.281 e. The Hall–Kier alpha value is -3.37. The Balaban J connectivity index is 1.92. The number of likely N-dealkylation sites (N-methyl/N-ethyl adjacent to an activating group) is 1. The number of thiocarbonyl (C=S) groups is 1. The second-order valence-electron chi connectivity index (χ2n) is 5.92. The highest BCUT2D eigenvalue weighted by molar-refractivity contribution is 7.80. The molecule has 142 valence electrons. The van der Waals surface area contributed by atoms with Crippen molar-refractivity contribution in [1.82, 2.24) is 4.90 Å². The molecule has 1 amide bonds. The van der Waals surface area contributed by atoms with Crippen LogP contribution in [0.15, 0.2) is 54.2 Å². The summed E-state index contributed by atoms with van der Waals surface area (Å²) in [5.74, 6) is 1.03. The van der Waals surface area contributed by atoms with Gasteiger partial charge in [0.25, 0.3) is 5.91 Å². The lowest BCUT2D eigenvalue weighted by molar-refractivity contribution is -0.114. The molecule has 0 atom stereocenters. The van der Waals surface area contributed by atoms with Gasteiger partial charge in [-0.3, -0.25) is 9.69 Å². The third-order valence-electron chi connectivity index (χ3n) is 4.17. The van der Waals surface area contributed by atoms with E-state index in [0.29, 0.717) is 34.4 Å². The van der Waals surface area contributed by atoms with Crippen molar-refractivity contribution in [3.05, 3.63) is 59.8 Å². The number of ether oxygens (including phenoxy) is 2. The number of hydrogen-bond donors (Lipinski definition) is 0. The van der Waals surface area contributed by atoms with Crippen LogP contribution in [-0.2, 0) is 4.79 Å². The minimum atomic E-state index is -0.230. The molecule has 28 heavy (non-hydrogen) atoms. The number of hydrogen-bond acceptors (Lipinski definition) is 5. The Morgan fingerprint density at radius 1 is 1.14 bits per heavy atom. The summed E-state index contributed by atoms with van der Waals surface area (Å²) in [5, 5.41) is 9.14. The van der Waals surface area contributed by atoms with E-state index in [1.54, 1.807) is 36.2 Å². The molecule has 2 aromatic carbocycles. The van der Waals surface area contributed by atoms with Gasteiger partial charge in [-0.15, -0.1) is 0 Å². The maximum atomic E-state index is 13.1. The molecule has 0 N–H and O–H groups in total. The van der Waals surface area contributed by atoms with Crippen molar-refractivity contribution in [3.63, 3.8) is 0 Å². The molecule has 7 heteroatoms. The van der Waals surface area contributed by atoms with Gasteiger partial charge in [0.1, 0.15) is 23.3 Å². The van der Waals surface area contributed by atoms with E-state index in [9.17, 15) is 4.79 Å². The van der Waals surface area contributed by atoms with Gasteiger partial charge in [0.2, 0.25) is 0 Å². The number of amides is 1. The average Bonchev–Trinajstić information content (AvgIpc) is 2.91. The molecule has 6 nitrogen and oxygen atoms in total. The third kappa shape index (κ3) is 3.82. The van der Waals surface area contributed by atoms with Crippen LogP contribution in [-0.4, -0.2) is 36.2 Å². The number of nitrogens with zero attached hydrogens (tertiary/aromatic N) is 3. The molecule has 0 saturated carbocycles. The van der Waals surface area contributed by atoms with Crippen LogP contribution in [0.5, 0.6) is 11.5 Å². The van der Waals surface area contributed by atoms with E-state index < -0.39 is 0 Å². The van der Waals surface area contributed by atoms with Crippen LogP contribution in [0.25, 0.3) is 6.08 Å². The fraction of sp³-hybridized carbons (Fsp3) is 0.190. The van der Waals surface area contributed by atoms with Gasteiger partial charge in [0.15, 0.2) is 11.7 Å². The second-order valence-corrected chi connectivity index (χ2v) is 6.29. The lowest BCUT2D eigenvalue weighted by atomic mass is 10.1. The van der Waals surface area contributed by atoms with E-state index >= 15 is 0 Å². The van der Waals surface area contributed by atoms with Gasteiger partial charge in [-0.25, -0.2) is 0 Å². The number of carbonyl (C=O) groups excluding carboxylic acids is 1. The molecule has 2 aromatic rings. The largest absolute Gasteiger partial charge is 0.494 e. The highest BCUT2D eigenvalue weighted by Crippen LogP contribution is 2.30. The zero-order valence-corrected chi connectivity index (χ0v) is 16.4. The number of rotatable bonds is 6. The minimum Gasteiger partial charge on any atom is -0.494 e. The van der Waals surface area contributed by atoms with Crippen molar-refractivity contribution in [2.75, 3.05) is 25.2 Å². The van der Waals surface area contributed by atoms with Crippen LogP contribution in [0.3, 0.4) is 0 Å². The van der Waals surface area contributed by atoms with Crippen molar-refractivity contribution < 1.29 is 14.3 Å². The van der Waals surface area contributed by atoms with Gasteiger partial charge in [-0.05, 0) is 55.5 Å². The summed E-state index contributed by atoms with van der Waals surface area (Å²) >= 11 is 5.49. The molecular formula is C21H19N3O3S. The van der Waals surface area contributed by atoms with Gasteiger partial charge in [-0.2, -0.15) is 5.26 Å². The molecule has 0 radical (unpaired) electrons. The summed E-state index contributed by atoms with van der Waals surface area (Å²) in [6.45, 7) is 2.42. The topological polar surface area (TPSA) is 65.8 Å². The summed E-state index contributed by atoms with van der Waals surface area (Å²) in [5.41, 5.74) is 1.79. The molecule has 0 aromatic heterocycles. The first-order chi connectivity index (χ1) is 13.6. The van der Waals surface area contributed by atoms with E-state index in [-0.39, 0.29) is 12.5 Å². The SMILES string of the molecule is CCOc1ccc(N2C(=O)/C(=C/c3ccccc3OCC#N)N(C)C2=S)cc1. The number of para-hydroxylation sites is 1. The zero-order valence-electron chi connectivity index (χ0n) is 15.6. The van der Waals surface area contributed by atoms with Gasteiger partial charge in [0, 0.05) is 12.6 Å². The monoisotopic (exact) mass is 393 g/mol. The van der Waals surface area contributed by atoms with E-state index in [4.69, 9.17) is 27.0 Å². The van der Waals surface area contributed by atoms with E-state index in [2.05, 4.69) is 0 Å². The second kappa shape index (κ2) is 8.55. The molecule has 0 unspecified atom stereocenters. The smallest absolute Gasteiger partial charge is 0.281 e. The lowest BCUT2D eigenvalue weighted by Crippen LogP contribution is -2.31. The first kappa shape index (κ1) is 19.4. The Morgan fingerprint density at radius 3 is 2.54 bits per heavy atom. The van der Waals surface area contributed by atoms with Gasteiger partial charge < -0.3 is 14.4 Å². The maximum absolute atomic E-state index is 13.1. The summed E-state index contributed by atoms with van der Waals surface area (Å²) in [7, 11) is 1.75. The van der Waals surface area contributed by atoms with Crippen molar-refractivity contribution in [2.24, 2.45) is 0 Å². The van der Waals surface area contributed by atoms with Gasteiger partial charge >= 0.3 is 0 Å². The summed E-state index contributed by atoms with van der Waals surface area (Å²) in [4.78, 5) is 16.2. The van der Waals surface area contributed by atoms with Crippen LogP contribution in [0.1, 0.15) is 12.5 Å². The van der Waals surface area contributed by atoms with Crippen molar-refractivity contribution in [1.29, 1.82) is 5.26 Å². The quantitative estimate of drug-likeness (QED) is 0.552. The van der Waals surface area contributed by atoms with Crippen molar-refractivity contribution in [3.8, 4) is 17.6 Å². The fourth-order valence-electron chi connectivity index (χ4n) is 2.83. The molecule has 1 aliphatic rings. The van der Waals surface area contributed by atoms with E-state index in [0.717, 1.165) is 5.75 Å². The third-order valence-corrected chi connectivity index (χ3v) is 4.63. The predicted molar refractivity (Wildman–Crippen MR) is 111 cm³/mol. The first-order valence-corrected chi connectivity index (χ1v) is 9.13. The van der Waals surface area contributed by atoms with E-state index in [1.165, 1.54) is 4.90 Å².